The maximum Gasteiger partial charge on any atom is 0.416 e. The standard InChI is InChI=1S/C37H41F12NO9/c38-34(39,40)24-15-25(35(41,42)43)18-28(17-24)55-11-5-1-3-7-31(51)57-22-30(59-33(53)21-50-9-13-54-14-10-50)23-58-32(52)8-4-2-6-12-56-29-19-26(36(44,45)46)16-27(20-29)37(47,48)49/h15-20,30H,1-14,21-23H2. The number of alkyl halides is 12. The van der Waals surface area contributed by atoms with Gasteiger partial charge in [0, 0.05) is 25.9 Å². The number of carbonyl (C=O) groups excluding carboxylic acids is 3. The molecule has 0 radical (unpaired) electrons. The third kappa shape index (κ3) is 18.6. The minimum absolute atomic E-state index is 0.0245. The Kier molecular flexibility index (Phi) is 18.4. The summed E-state index contributed by atoms with van der Waals surface area (Å²) in [5, 5.41) is 0. The average Bonchev–Trinajstić information content (AvgIpc) is 3.14. The van der Waals surface area contributed by atoms with Crippen LogP contribution in [0.4, 0.5) is 52.7 Å². The van der Waals surface area contributed by atoms with Crippen molar-refractivity contribution in [3.05, 3.63) is 58.7 Å². The van der Waals surface area contributed by atoms with Crippen LogP contribution < -0.4 is 9.47 Å². The van der Waals surface area contributed by atoms with E-state index >= 15 is 0 Å². The molecule has 2 aromatic rings. The molecule has 0 amide bonds. The van der Waals surface area contributed by atoms with Crippen molar-refractivity contribution < 1.29 is 95.5 Å². The molecular formula is C37H41F12NO9. The molecule has 59 heavy (non-hydrogen) atoms. The third-order valence-corrected chi connectivity index (χ3v) is 8.33. The first kappa shape index (κ1) is 48.9. The van der Waals surface area contributed by atoms with Gasteiger partial charge < -0.3 is 28.4 Å². The van der Waals surface area contributed by atoms with Crippen molar-refractivity contribution in [2.75, 3.05) is 59.3 Å². The summed E-state index contributed by atoms with van der Waals surface area (Å²) in [4.78, 5) is 39.1. The Hall–Kier alpha value is -4.47. The highest BCUT2D eigenvalue weighted by Gasteiger charge is 2.38. The van der Waals surface area contributed by atoms with E-state index in [0.717, 1.165) is 0 Å². The van der Waals surface area contributed by atoms with Crippen LogP contribution in [0.15, 0.2) is 36.4 Å². The lowest BCUT2D eigenvalue weighted by atomic mass is 10.1. The van der Waals surface area contributed by atoms with Crippen molar-refractivity contribution >= 4 is 17.9 Å². The Morgan fingerprint density at radius 3 is 1.27 bits per heavy atom. The predicted molar refractivity (Wildman–Crippen MR) is 180 cm³/mol. The molecule has 0 spiro atoms. The van der Waals surface area contributed by atoms with Gasteiger partial charge in [-0.2, -0.15) is 52.7 Å². The molecule has 0 unspecified atom stereocenters. The molecule has 3 rings (SSSR count). The zero-order chi connectivity index (χ0) is 43.9. The lowest BCUT2D eigenvalue weighted by Crippen LogP contribution is -2.41. The fourth-order valence-corrected chi connectivity index (χ4v) is 5.29. The maximum atomic E-state index is 13.1. The van der Waals surface area contributed by atoms with E-state index in [1.807, 2.05) is 0 Å². The number of esters is 3. The second-order valence-electron chi connectivity index (χ2n) is 13.2. The van der Waals surface area contributed by atoms with Crippen LogP contribution in [0.3, 0.4) is 0 Å². The number of morpholine rings is 1. The van der Waals surface area contributed by atoms with Crippen LogP contribution >= 0.6 is 0 Å². The van der Waals surface area contributed by atoms with Crippen molar-refractivity contribution in [1.29, 1.82) is 0 Å². The minimum Gasteiger partial charge on any atom is -0.494 e. The summed E-state index contributed by atoms with van der Waals surface area (Å²) in [5.74, 6) is -3.47. The minimum atomic E-state index is -5.04. The number of nitrogens with zero attached hydrogens (tertiary/aromatic N) is 1. The predicted octanol–water partition coefficient (Wildman–Crippen LogP) is 8.67. The molecule has 0 aliphatic carbocycles. The fraction of sp³-hybridized carbons (Fsp3) is 0.595. The van der Waals surface area contributed by atoms with E-state index in [2.05, 4.69) is 0 Å². The Morgan fingerprint density at radius 2 is 0.915 bits per heavy atom. The summed E-state index contributed by atoms with van der Waals surface area (Å²) in [6, 6.07) is 1.74. The summed E-state index contributed by atoms with van der Waals surface area (Å²) in [5.41, 5.74) is -6.10. The summed E-state index contributed by atoms with van der Waals surface area (Å²) >= 11 is 0. The highest BCUT2D eigenvalue weighted by atomic mass is 19.4. The Bertz CT molecular complexity index is 1490. The average molecular weight is 872 g/mol. The van der Waals surface area contributed by atoms with Crippen LogP contribution in [-0.4, -0.2) is 88.2 Å². The topological polar surface area (TPSA) is 110 Å². The van der Waals surface area contributed by atoms with Gasteiger partial charge in [0.05, 0.1) is 55.2 Å². The number of rotatable bonds is 21. The molecule has 22 heteroatoms. The molecule has 1 aliphatic rings. The SMILES string of the molecule is O=C(CCCCCOc1cc(C(F)(F)F)cc(C(F)(F)F)c1)OCC(COC(=O)CCCCCOc1cc(C(F)(F)F)cc(C(F)(F)F)c1)OC(=O)CN1CCOCC1. The van der Waals surface area contributed by atoms with E-state index in [4.69, 9.17) is 28.4 Å². The third-order valence-electron chi connectivity index (χ3n) is 8.33. The van der Waals surface area contributed by atoms with Gasteiger partial charge in [-0.05, 0) is 74.9 Å². The molecule has 10 nitrogen and oxygen atoms in total. The van der Waals surface area contributed by atoms with Crippen LogP contribution in [0, 0.1) is 0 Å². The highest BCUT2D eigenvalue weighted by Crippen LogP contribution is 2.39. The molecule has 1 heterocycles. The Morgan fingerprint density at radius 1 is 0.542 bits per heavy atom. The molecule has 1 saturated heterocycles. The van der Waals surface area contributed by atoms with E-state index in [-0.39, 0.29) is 83.3 Å². The van der Waals surface area contributed by atoms with Gasteiger partial charge >= 0.3 is 42.6 Å². The van der Waals surface area contributed by atoms with Crippen LogP contribution in [0.25, 0.3) is 0 Å². The molecule has 1 aliphatic heterocycles. The van der Waals surface area contributed by atoms with E-state index < -0.39 is 95.7 Å². The van der Waals surface area contributed by atoms with Gasteiger partial charge in [-0.15, -0.1) is 0 Å². The van der Waals surface area contributed by atoms with Gasteiger partial charge in [0.2, 0.25) is 0 Å². The molecular weight excluding hydrogens is 830 g/mol. The quantitative estimate of drug-likeness (QED) is 0.0524. The first-order valence-electron chi connectivity index (χ1n) is 18.2. The zero-order valence-corrected chi connectivity index (χ0v) is 31.2. The molecule has 1 fully saturated rings. The Labute approximate surface area is 330 Å². The number of ether oxygens (including phenoxy) is 6. The number of hydrogen-bond donors (Lipinski definition) is 0. The monoisotopic (exact) mass is 871 g/mol. The molecule has 0 saturated carbocycles. The van der Waals surface area contributed by atoms with E-state index in [0.29, 0.717) is 50.6 Å². The normalized spacial score (nSPS) is 14.3. The number of carbonyl (C=O) groups is 3. The second kappa shape index (κ2) is 22.2. The van der Waals surface area contributed by atoms with Gasteiger partial charge in [0.15, 0.2) is 6.10 Å². The van der Waals surface area contributed by atoms with Crippen LogP contribution in [-0.2, 0) is 58.0 Å². The van der Waals surface area contributed by atoms with Crippen LogP contribution in [0.1, 0.15) is 73.6 Å². The molecule has 0 aromatic heterocycles. The van der Waals surface area contributed by atoms with Gasteiger partial charge in [-0.25, -0.2) is 0 Å². The van der Waals surface area contributed by atoms with Gasteiger partial charge in [0.1, 0.15) is 24.7 Å². The fourth-order valence-electron chi connectivity index (χ4n) is 5.29. The van der Waals surface area contributed by atoms with Crippen molar-refractivity contribution in [2.45, 2.75) is 82.2 Å². The van der Waals surface area contributed by atoms with E-state index in [9.17, 15) is 67.1 Å². The summed E-state index contributed by atoms with van der Waals surface area (Å²) in [6.45, 7) is 0.0129. The van der Waals surface area contributed by atoms with Crippen LogP contribution in [0.2, 0.25) is 0 Å². The van der Waals surface area contributed by atoms with Crippen molar-refractivity contribution in [1.82, 2.24) is 4.90 Å². The molecule has 0 bridgehead atoms. The molecule has 0 atom stereocenters. The smallest absolute Gasteiger partial charge is 0.416 e. The molecule has 332 valence electrons. The summed E-state index contributed by atoms with van der Waals surface area (Å²) in [7, 11) is 0. The summed E-state index contributed by atoms with van der Waals surface area (Å²) < 4.78 is 188. The largest absolute Gasteiger partial charge is 0.494 e. The zero-order valence-electron chi connectivity index (χ0n) is 31.2. The highest BCUT2D eigenvalue weighted by molar-refractivity contribution is 5.72. The van der Waals surface area contributed by atoms with Crippen molar-refractivity contribution in [3.8, 4) is 11.5 Å². The number of benzene rings is 2. The maximum absolute atomic E-state index is 13.1. The number of halogens is 12. The van der Waals surface area contributed by atoms with Gasteiger partial charge in [0.25, 0.3) is 0 Å². The second-order valence-corrected chi connectivity index (χ2v) is 13.2. The lowest BCUT2D eigenvalue weighted by Gasteiger charge is -2.26. The number of hydrogen-bond acceptors (Lipinski definition) is 10. The van der Waals surface area contributed by atoms with Crippen molar-refractivity contribution in [2.24, 2.45) is 0 Å². The van der Waals surface area contributed by atoms with E-state index in [1.54, 1.807) is 4.90 Å². The first-order valence-corrected chi connectivity index (χ1v) is 18.2. The first-order chi connectivity index (χ1) is 27.5. The van der Waals surface area contributed by atoms with E-state index in [1.165, 1.54) is 0 Å². The lowest BCUT2D eigenvalue weighted by molar-refractivity contribution is -0.168. The molecule has 2 aromatic carbocycles. The van der Waals surface area contributed by atoms with Gasteiger partial charge in [-0.1, -0.05) is 0 Å². The number of unbranched alkanes of at least 4 members (excludes halogenated alkanes) is 4. The van der Waals surface area contributed by atoms with Crippen LogP contribution in [0.5, 0.6) is 11.5 Å². The van der Waals surface area contributed by atoms with Crippen molar-refractivity contribution in [3.63, 3.8) is 0 Å². The Balaban J connectivity index is 1.41. The molecule has 0 N–H and O–H groups in total. The van der Waals surface area contributed by atoms with Gasteiger partial charge in [-0.3, -0.25) is 19.3 Å². The summed E-state index contributed by atoms with van der Waals surface area (Å²) in [6.07, 6.45) is -20.5.